The van der Waals surface area contributed by atoms with Gasteiger partial charge in [-0.1, -0.05) is 17.7 Å². The van der Waals surface area contributed by atoms with Crippen molar-refractivity contribution in [2.45, 2.75) is 24.5 Å². The number of aromatic nitrogens is 2. The van der Waals surface area contributed by atoms with Crippen LogP contribution in [0.25, 0.3) is 0 Å². The Bertz CT molecular complexity index is 687. The summed E-state index contributed by atoms with van der Waals surface area (Å²) in [5.74, 6) is 0. The van der Waals surface area contributed by atoms with Crippen molar-refractivity contribution < 1.29 is 13.5 Å². The summed E-state index contributed by atoms with van der Waals surface area (Å²) in [7, 11) is -3.59. The molecule has 1 heterocycles. The minimum Gasteiger partial charge on any atom is -0.392 e. The Labute approximate surface area is 128 Å². The maximum absolute atomic E-state index is 12.1. The highest BCUT2D eigenvalue weighted by molar-refractivity contribution is 7.89. The van der Waals surface area contributed by atoms with Gasteiger partial charge in [-0.3, -0.25) is 0 Å². The van der Waals surface area contributed by atoms with E-state index in [2.05, 4.69) is 9.71 Å². The molecule has 0 aliphatic rings. The molecule has 21 heavy (non-hydrogen) atoms. The quantitative estimate of drug-likeness (QED) is 0.752. The van der Waals surface area contributed by atoms with E-state index in [1.807, 2.05) is 10.8 Å². The average molecular weight is 330 g/mol. The Kier molecular flexibility index (Phi) is 5.35. The number of benzene rings is 1. The first-order valence-electron chi connectivity index (χ1n) is 6.37. The van der Waals surface area contributed by atoms with Gasteiger partial charge in [0.2, 0.25) is 10.0 Å². The number of rotatable bonds is 7. The van der Waals surface area contributed by atoms with Crippen LogP contribution >= 0.6 is 11.6 Å². The summed E-state index contributed by atoms with van der Waals surface area (Å²) in [4.78, 5) is 4.00. The van der Waals surface area contributed by atoms with Crippen molar-refractivity contribution in [2.24, 2.45) is 0 Å². The predicted octanol–water partition coefficient (Wildman–Crippen LogP) is 1.40. The molecule has 0 radical (unpaired) electrons. The summed E-state index contributed by atoms with van der Waals surface area (Å²) < 4.78 is 28.6. The van der Waals surface area contributed by atoms with Gasteiger partial charge in [0, 0.05) is 30.5 Å². The van der Waals surface area contributed by atoms with Gasteiger partial charge in [0.05, 0.1) is 17.8 Å². The van der Waals surface area contributed by atoms with Crippen LogP contribution in [-0.2, 0) is 23.2 Å². The van der Waals surface area contributed by atoms with Crippen LogP contribution < -0.4 is 4.72 Å². The van der Waals surface area contributed by atoms with Gasteiger partial charge < -0.3 is 9.67 Å². The molecule has 0 saturated carbocycles. The number of aliphatic hydroxyl groups is 1. The zero-order valence-electron chi connectivity index (χ0n) is 11.2. The Morgan fingerprint density at radius 2 is 2.19 bits per heavy atom. The van der Waals surface area contributed by atoms with E-state index in [4.69, 9.17) is 16.7 Å². The van der Waals surface area contributed by atoms with Crippen LogP contribution in [0.15, 0.2) is 41.8 Å². The van der Waals surface area contributed by atoms with Crippen LogP contribution in [0.2, 0.25) is 5.02 Å². The second kappa shape index (κ2) is 7.04. The van der Waals surface area contributed by atoms with Crippen molar-refractivity contribution >= 4 is 21.6 Å². The molecule has 1 aromatic carbocycles. The largest absolute Gasteiger partial charge is 0.392 e. The third-order valence-electron chi connectivity index (χ3n) is 2.95. The molecule has 2 rings (SSSR count). The first-order valence-corrected chi connectivity index (χ1v) is 8.24. The zero-order chi connectivity index (χ0) is 15.3. The molecule has 0 unspecified atom stereocenters. The lowest BCUT2D eigenvalue weighted by Gasteiger charge is -2.09. The summed E-state index contributed by atoms with van der Waals surface area (Å²) in [6, 6.07) is 4.27. The molecule has 2 N–H and O–H groups in total. The smallest absolute Gasteiger partial charge is 0.240 e. The summed E-state index contributed by atoms with van der Waals surface area (Å²) in [6.07, 6.45) is 5.83. The third kappa shape index (κ3) is 4.28. The number of imidazole rings is 1. The number of sulfonamides is 1. The standard InChI is InChI=1S/C13H16ClN3O3S/c14-13-8-12(3-2-11(13)9-18)21(19,20)16-4-1-6-17-7-5-15-10-17/h2-3,5,7-8,10,16,18H,1,4,6,9H2. The fourth-order valence-electron chi connectivity index (χ4n) is 1.79. The molecule has 0 bridgehead atoms. The topological polar surface area (TPSA) is 84.2 Å². The normalized spacial score (nSPS) is 11.7. The molecule has 0 saturated heterocycles. The van der Waals surface area contributed by atoms with Crippen molar-refractivity contribution in [3.8, 4) is 0 Å². The highest BCUT2D eigenvalue weighted by Crippen LogP contribution is 2.20. The van der Waals surface area contributed by atoms with E-state index < -0.39 is 10.0 Å². The Balaban J connectivity index is 1.93. The zero-order valence-corrected chi connectivity index (χ0v) is 12.8. The van der Waals surface area contributed by atoms with Crippen LogP contribution in [-0.4, -0.2) is 29.6 Å². The van der Waals surface area contributed by atoms with E-state index in [9.17, 15) is 8.42 Å². The van der Waals surface area contributed by atoms with E-state index >= 15 is 0 Å². The Morgan fingerprint density at radius 1 is 1.38 bits per heavy atom. The van der Waals surface area contributed by atoms with Crippen LogP contribution in [0.1, 0.15) is 12.0 Å². The van der Waals surface area contributed by atoms with E-state index in [1.54, 1.807) is 12.5 Å². The van der Waals surface area contributed by atoms with Gasteiger partial charge in [-0.05, 0) is 24.1 Å². The summed E-state index contributed by atoms with van der Waals surface area (Å²) in [5, 5.41) is 9.25. The number of nitrogens with zero attached hydrogens (tertiary/aromatic N) is 2. The fraction of sp³-hybridized carbons (Fsp3) is 0.308. The van der Waals surface area contributed by atoms with E-state index in [1.165, 1.54) is 18.2 Å². The molecule has 0 aliphatic carbocycles. The molecular weight excluding hydrogens is 314 g/mol. The van der Waals surface area contributed by atoms with Crippen molar-refractivity contribution in [3.63, 3.8) is 0 Å². The lowest BCUT2D eigenvalue weighted by Crippen LogP contribution is -2.25. The second-order valence-corrected chi connectivity index (χ2v) is 6.64. The summed E-state index contributed by atoms with van der Waals surface area (Å²) in [5.41, 5.74) is 0.496. The molecule has 0 spiro atoms. The highest BCUT2D eigenvalue weighted by atomic mass is 35.5. The lowest BCUT2D eigenvalue weighted by molar-refractivity contribution is 0.282. The molecule has 0 fully saturated rings. The lowest BCUT2D eigenvalue weighted by atomic mass is 10.2. The van der Waals surface area contributed by atoms with E-state index in [0.29, 0.717) is 25.1 Å². The maximum Gasteiger partial charge on any atom is 0.240 e. The van der Waals surface area contributed by atoms with Gasteiger partial charge in [0.15, 0.2) is 0 Å². The average Bonchev–Trinajstić information content (AvgIpc) is 2.97. The number of halogens is 1. The number of nitrogens with one attached hydrogen (secondary N) is 1. The minimum atomic E-state index is -3.59. The maximum atomic E-state index is 12.1. The number of aryl methyl sites for hydroxylation is 1. The molecule has 8 heteroatoms. The van der Waals surface area contributed by atoms with Crippen molar-refractivity contribution in [1.29, 1.82) is 0 Å². The first kappa shape index (κ1) is 16.0. The Hall–Kier alpha value is -1.41. The van der Waals surface area contributed by atoms with Gasteiger partial charge in [0.1, 0.15) is 0 Å². The molecule has 2 aromatic rings. The van der Waals surface area contributed by atoms with Gasteiger partial charge in [-0.2, -0.15) is 0 Å². The third-order valence-corrected chi connectivity index (χ3v) is 4.76. The van der Waals surface area contributed by atoms with Crippen molar-refractivity contribution in [3.05, 3.63) is 47.5 Å². The highest BCUT2D eigenvalue weighted by Gasteiger charge is 2.14. The second-order valence-electron chi connectivity index (χ2n) is 4.46. The molecule has 0 aliphatic heterocycles. The van der Waals surface area contributed by atoms with Crippen LogP contribution in [0, 0.1) is 0 Å². The van der Waals surface area contributed by atoms with E-state index in [-0.39, 0.29) is 16.5 Å². The Morgan fingerprint density at radius 3 is 2.81 bits per heavy atom. The molecular formula is C13H16ClN3O3S. The number of aliphatic hydroxyl groups excluding tert-OH is 1. The number of hydrogen-bond donors (Lipinski definition) is 2. The van der Waals surface area contributed by atoms with Crippen LogP contribution in [0.5, 0.6) is 0 Å². The van der Waals surface area contributed by atoms with Crippen molar-refractivity contribution in [1.82, 2.24) is 14.3 Å². The molecule has 0 atom stereocenters. The molecule has 114 valence electrons. The minimum absolute atomic E-state index is 0.0901. The first-order chi connectivity index (χ1) is 10.0. The monoisotopic (exact) mass is 329 g/mol. The van der Waals surface area contributed by atoms with Gasteiger partial charge >= 0.3 is 0 Å². The predicted molar refractivity (Wildman–Crippen MR) is 79.4 cm³/mol. The number of hydrogen-bond acceptors (Lipinski definition) is 4. The van der Waals surface area contributed by atoms with Gasteiger partial charge in [-0.25, -0.2) is 18.1 Å². The molecule has 6 nitrogen and oxygen atoms in total. The SMILES string of the molecule is O=S(=O)(NCCCn1ccnc1)c1ccc(CO)c(Cl)c1. The fourth-order valence-corrected chi connectivity index (χ4v) is 3.20. The molecule has 0 amide bonds. The molecule has 1 aromatic heterocycles. The summed E-state index contributed by atoms with van der Waals surface area (Å²) in [6.45, 7) is 0.782. The van der Waals surface area contributed by atoms with E-state index in [0.717, 1.165) is 0 Å². The van der Waals surface area contributed by atoms with Crippen LogP contribution in [0.4, 0.5) is 0 Å². The summed E-state index contributed by atoms with van der Waals surface area (Å²) >= 11 is 5.90. The van der Waals surface area contributed by atoms with Gasteiger partial charge in [-0.15, -0.1) is 0 Å². The van der Waals surface area contributed by atoms with Crippen LogP contribution in [0.3, 0.4) is 0 Å². The van der Waals surface area contributed by atoms with Gasteiger partial charge in [0.25, 0.3) is 0 Å². The van der Waals surface area contributed by atoms with Crippen molar-refractivity contribution in [2.75, 3.05) is 6.54 Å².